The van der Waals surface area contributed by atoms with E-state index in [1.807, 2.05) is 0 Å². The molecule has 1 aliphatic rings. The van der Waals surface area contributed by atoms with Gasteiger partial charge in [0, 0.05) is 19.0 Å². The van der Waals surface area contributed by atoms with Crippen LogP contribution in [0.15, 0.2) is 39.7 Å². The SMILES string of the molecule is O=C(O)CCCN1C(=O)/C(=C\c2ccc(-c3c(Cl)cccc3Cl)o2)SC1=S. The van der Waals surface area contributed by atoms with E-state index in [0.29, 0.717) is 42.8 Å². The number of thiocarbonyl (C=S) groups is 1. The second-order valence-electron chi connectivity index (χ2n) is 5.63. The molecule has 1 amide bonds. The predicted molar refractivity (Wildman–Crippen MR) is 111 cm³/mol. The molecule has 1 fully saturated rings. The number of thioether (sulfide) groups is 1. The first-order valence-corrected chi connectivity index (χ1v) is 9.86. The summed E-state index contributed by atoms with van der Waals surface area (Å²) in [7, 11) is 0. The van der Waals surface area contributed by atoms with Crippen LogP contribution in [0.4, 0.5) is 0 Å². The lowest BCUT2D eigenvalue weighted by molar-refractivity contribution is -0.137. The molecule has 0 atom stereocenters. The number of carboxylic acid groups (broad SMARTS) is 1. The van der Waals surface area contributed by atoms with Crippen LogP contribution in [0.25, 0.3) is 17.4 Å². The van der Waals surface area contributed by atoms with E-state index in [4.69, 9.17) is 44.9 Å². The second-order valence-corrected chi connectivity index (χ2v) is 8.12. The number of carboxylic acids is 1. The zero-order chi connectivity index (χ0) is 19.6. The molecule has 140 valence electrons. The lowest BCUT2D eigenvalue weighted by atomic mass is 10.2. The average Bonchev–Trinajstić information content (AvgIpc) is 3.14. The van der Waals surface area contributed by atoms with E-state index in [9.17, 15) is 9.59 Å². The van der Waals surface area contributed by atoms with Gasteiger partial charge in [-0.15, -0.1) is 0 Å². The summed E-state index contributed by atoms with van der Waals surface area (Å²) in [5, 5.41) is 9.65. The number of amides is 1. The Bertz CT molecular complexity index is 934. The van der Waals surface area contributed by atoms with Gasteiger partial charge < -0.3 is 9.52 Å². The van der Waals surface area contributed by atoms with Crippen LogP contribution in [-0.4, -0.2) is 32.7 Å². The minimum absolute atomic E-state index is 0.0176. The molecule has 1 aliphatic heterocycles. The van der Waals surface area contributed by atoms with E-state index in [1.54, 1.807) is 36.4 Å². The molecule has 1 saturated heterocycles. The molecule has 2 heterocycles. The van der Waals surface area contributed by atoms with Crippen molar-refractivity contribution in [2.45, 2.75) is 12.8 Å². The van der Waals surface area contributed by atoms with Gasteiger partial charge in [0.25, 0.3) is 5.91 Å². The van der Waals surface area contributed by atoms with E-state index < -0.39 is 5.97 Å². The van der Waals surface area contributed by atoms with Crippen molar-refractivity contribution in [1.82, 2.24) is 4.90 Å². The van der Waals surface area contributed by atoms with Gasteiger partial charge in [-0.1, -0.05) is 53.2 Å². The molecule has 2 aromatic rings. The number of carbonyl (C=O) groups is 2. The highest BCUT2D eigenvalue weighted by Gasteiger charge is 2.32. The third-order valence-electron chi connectivity index (χ3n) is 3.76. The van der Waals surface area contributed by atoms with Gasteiger partial charge in [-0.05, 0) is 30.7 Å². The fraction of sp³-hybridized carbons (Fsp3) is 0.167. The van der Waals surface area contributed by atoms with Crippen LogP contribution in [0.1, 0.15) is 18.6 Å². The molecular formula is C18H13Cl2NO4S2. The molecule has 1 aromatic carbocycles. The normalized spacial score (nSPS) is 15.8. The van der Waals surface area contributed by atoms with Gasteiger partial charge >= 0.3 is 5.97 Å². The minimum Gasteiger partial charge on any atom is -0.481 e. The number of furan rings is 1. The van der Waals surface area contributed by atoms with Crippen LogP contribution in [0.3, 0.4) is 0 Å². The van der Waals surface area contributed by atoms with Crippen molar-refractivity contribution >= 4 is 69.5 Å². The summed E-state index contributed by atoms with van der Waals surface area (Å²) in [5.41, 5.74) is 0.585. The van der Waals surface area contributed by atoms with E-state index >= 15 is 0 Å². The van der Waals surface area contributed by atoms with Crippen molar-refractivity contribution in [3.05, 3.63) is 51.0 Å². The van der Waals surface area contributed by atoms with E-state index in [-0.39, 0.29) is 18.9 Å². The molecule has 0 radical (unpaired) electrons. The Morgan fingerprint density at radius 3 is 2.63 bits per heavy atom. The standard InChI is InChI=1S/C18H13Cl2NO4S2/c19-11-3-1-4-12(20)16(11)13-7-6-10(25-13)9-14-17(24)21(18(26)27-14)8-2-5-15(22)23/h1,3-4,6-7,9H,2,5,8H2,(H,22,23)/b14-9+. The Morgan fingerprint density at radius 2 is 1.96 bits per heavy atom. The van der Waals surface area contributed by atoms with Gasteiger partial charge in [-0.2, -0.15) is 0 Å². The summed E-state index contributed by atoms with van der Waals surface area (Å²) >= 11 is 18.8. The van der Waals surface area contributed by atoms with Gasteiger partial charge in [-0.3, -0.25) is 14.5 Å². The maximum absolute atomic E-state index is 12.5. The molecule has 27 heavy (non-hydrogen) atoms. The summed E-state index contributed by atoms with van der Waals surface area (Å²) < 4.78 is 6.17. The quantitative estimate of drug-likeness (QED) is 0.483. The number of nitrogens with zero attached hydrogens (tertiary/aromatic N) is 1. The summed E-state index contributed by atoms with van der Waals surface area (Å²) in [6.07, 6.45) is 1.92. The first kappa shape index (κ1) is 19.9. The number of hydrogen-bond acceptors (Lipinski definition) is 5. The smallest absolute Gasteiger partial charge is 0.303 e. The third kappa shape index (κ3) is 4.55. The molecule has 9 heteroatoms. The Balaban J connectivity index is 1.78. The van der Waals surface area contributed by atoms with Crippen molar-refractivity contribution in [1.29, 1.82) is 0 Å². The molecule has 1 N–H and O–H groups in total. The van der Waals surface area contributed by atoms with Crippen molar-refractivity contribution in [3.63, 3.8) is 0 Å². The summed E-state index contributed by atoms with van der Waals surface area (Å²) in [4.78, 5) is 24.9. The lowest BCUT2D eigenvalue weighted by Crippen LogP contribution is -2.29. The van der Waals surface area contributed by atoms with Crippen LogP contribution in [0.2, 0.25) is 10.0 Å². The number of benzene rings is 1. The minimum atomic E-state index is -0.905. The maximum Gasteiger partial charge on any atom is 0.303 e. The fourth-order valence-electron chi connectivity index (χ4n) is 2.51. The molecule has 1 aromatic heterocycles. The summed E-state index contributed by atoms with van der Waals surface area (Å²) in [6.45, 7) is 0.271. The number of rotatable bonds is 6. The number of hydrogen-bond donors (Lipinski definition) is 1. The lowest BCUT2D eigenvalue weighted by Gasteiger charge is -2.13. The monoisotopic (exact) mass is 441 g/mol. The van der Waals surface area contributed by atoms with E-state index in [1.165, 1.54) is 4.90 Å². The summed E-state index contributed by atoms with van der Waals surface area (Å²) in [5.74, 6) is -0.206. The largest absolute Gasteiger partial charge is 0.481 e. The average molecular weight is 442 g/mol. The Kier molecular flexibility index (Phi) is 6.26. The Hall–Kier alpha value is -1.80. The van der Waals surface area contributed by atoms with Gasteiger partial charge in [0.1, 0.15) is 15.8 Å². The maximum atomic E-state index is 12.5. The number of aliphatic carboxylic acids is 1. The van der Waals surface area contributed by atoms with Crippen molar-refractivity contribution in [3.8, 4) is 11.3 Å². The highest BCUT2D eigenvalue weighted by molar-refractivity contribution is 8.26. The first-order valence-electron chi connectivity index (χ1n) is 7.88. The second kappa shape index (κ2) is 8.48. The third-order valence-corrected chi connectivity index (χ3v) is 5.76. The zero-order valence-corrected chi connectivity index (χ0v) is 16.9. The first-order chi connectivity index (χ1) is 12.9. The topological polar surface area (TPSA) is 70.8 Å². The van der Waals surface area contributed by atoms with Crippen LogP contribution < -0.4 is 0 Å². The van der Waals surface area contributed by atoms with Gasteiger partial charge in [-0.25, -0.2) is 0 Å². The van der Waals surface area contributed by atoms with E-state index in [0.717, 1.165) is 11.8 Å². The van der Waals surface area contributed by atoms with Gasteiger partial charge in [0.15, 0.2) is 0 Å². The molecule has 0 spiro atoms. The van der Waals surface area contributed by atoms with E-state index in [2.05, 4.69) is 0 Å². The van der Waals surface area contributed by atoms with Crippen LogP contribution in [0, 0.1) is 0 Å². The molecule has 3 rings (SSSR count). The Labute approximate surface area is 174 Å². The number of carbonyl (C=O) groups excluding carboxylic acids is 1. The fourth-order valence-corrected chi connectivity index (χ4v) is 4.38. The summed E-state index contributed by atoms with van der Waals surface area (Å²) in [6, 6.07) is 8.62. The predicted octanol–water partition coefficient (Wildman–Crippen LogP) is 5.32. The highest BCUT2D eigenvalue weighted by atomic mass is 35.5. The number of halogens is 2. The zero-order valence-electron chi connectivity index (χ0n) is 13.8. The molecule has 5 nitrogen and oxygen atoms in total. The van der Waals surface area contributed by atoms with Gasteiger partial charge in [0.05, 0.1) is 20.5 Å². The Morgan fingerprint density at radius 1 is 1.26 bits per heavy atom. The van der Waals surface area contributed by atoms with Crippen molar-refractivity contribution < 1.29 is 19.1 Å². The molecule has 0 bridgehead atoms. The van der Waals surface area contributed by atoms with Crippen LogP contribution in [-0.2, 0) is 9.59 Å². The van der Waals surface area contributed by atoms with Crippen molar-refractivity contribution in [2.24, 2.45) is 0 Å². The van der Waals surface area contributed by atoms with Crippen LogP contribution in [0.5, 0.6) is 0 Å². The molecule has 0 unspecified atom stereocenters. The molecular weight excluding hydrogens is 429 g/mol. The van der Waals surface area contributed by atoms with Crippen molar-refractivity contribution in [2.75, 3.05) is 6.54 Å². The molecule has 0 saturated carbocycles. The van der Waals surface area contributed by atoms with Crippen LogP contribution >= 0.6 is 47.2 Å². The highest BCUT2D eigenvalue weighted by Crippen LogP contribution is 2.37. The molecule has 0 aliphatic carbocycles. The van der Waals surface area contributed by atoms with Gasteiger partial charge in [0.2, 0.25) is 0 Å².